The number of allylic oxidation sites excluding steroid dienone is 1. The maximum atomic E-state index is 10.7. The van der Waals surface area contributed by atoms with Gasteiger partial charge in [-0.2, -0.15) is 0 Å². The molecule has 1 atom stereocenters. The van der Waals surface area contributed by atoms with Gasteiger partial charge in [-0.1, -0.05) is 39.2 Å². The molecule has 0 heterocycles. The summed E-state index contributed by atoms with van der Waals surface area (Å²) in [5, 5.41) is 0. The Hall–Kier alpha value is -0.790. The molecule has 2 heteroatoms. The fourth-order valence-electron chi connectivity index (χ4n) is 1.21. The number of unbranched alkanes of at least 4 members (excludes halogenated alkanes) is 2. The zero-order chi connectivity index (χ0) is 10.8. The van der Waals surface area contributed by atoms with Crippen LogP contribution in [0, 0.1) is 5.92 Å². The monoisotopic (exact) mass is 198 g/mol. The van der Waals surface area contributed by atoms with Crippen LogP contribution in [0.1, 0.15) is 46.0 Å². The molecule has 0 aliphatic heterocycles. The van der Waals surface area contributed by atoms with Gasteiger partial charge in [-0.05, 0) is 18.8 Å². The fourth-order valence-corrected chi connectivity index (χ4v) is 1.21. The van der Waals surface area contributed by atoms with Crippen molar-refractivity contribution in [1.82, 2.24) is 0 Å². The molecule has 0 amide bonds. The van der Waals surface area contributed by atoms with Crippen LogP contribution in [0.2, 0.25) is 0 Å². The topological polar surface area (TPSA) is 26.3 Å². The Bertz CT molecular complexity index is 173. The van der Waals surface area contributed by atoms with Gasteiger partial charge in [0.2, 0.25) is 0 Å². The highest BCUT2D eigenvalue weighted by molar-refractivity contribution is 5.81. The van der Waals surface area contributed by atoms with Gasteiger partial charge in [-0.15, -0.1) is 0 Å². The van der Waals surface area contributed by atoms with Crippen molar-refractivity contribution in [2.75, 3.05) is 7.11 Å². The van der Waals surface area contributed by atoms with Crippen LogP contribution in [0.5, 0.6) is 0 Å². The van der Waals surface area contributed by atoms with E-state index < -0.39 is 0 Å². The highest BCUT2D eigenvalue weighted by Crippen LogP contribution is 2.12. The summed E-state index contributed by atoms with van der Waals surface area (Å²) in [5.41, 5.74) is 0. The van der Waals surface area contributed by atoms with Crippen LogP contribution < -0.4 is 0 Å². The number of carbonyl (C=O) groups is 1. The summed E-state index contributed by atoms with van der Waals surface area (Å²) in [5.74, 6) is 0.575. The molecule has 0 aliphatic rings. The molecule has 0 N–H and O–H groups in total. The molecule has 0 rings (SSSR count). The summed E-state index contributed by atoms with van der Waals surface area (Å²) in [6.45, 7) is 4.51. The van der Waals surface area contributed by atoms with Crippen molar-refractivity contribution in [2.45, 2.75) is 46.0 Å². The van der Waals surface area contributed by atoms with E-state index >= 15 is 0 Å². The summed E-state index contributed by atoms with van der Waals surface area (Å²) in [4.78, 5) is 10.7. The van der Waals surface area contributed by atoms with Gasteiger partial charge < -0.3 is 4.74 Å². The van der Waals surface area contributed by atoms with Crippen LogP contribution in [0.15, 0.2) is 12.2 Å². The molecule has 0 bridgehead atoms. The Labute approximate surface area is 87.3 Å². The molecule has 2 nitrogen and oxygen atoms in total. The van der Waals surface area contributed by atoms with Gasteiger partial charge in [0.1, 0.15) is 0 Å². The van der Waals surface area contributed by atoms with E-state index in [4.69, 9.17) is 0 Å². The lowest BCUT2D eigenvalue weighted by Crippen LogP contribution is -1.93. The normalized spacial score (nSPS) is 13.1. The number of ether oxygens (including phenoxy) is 1. The maximum Gasteiger partial charge on any atom is 0.330 e. The van der Waals surface area contributed by atoms with Gasteiger partial charge in [-0.3, -0.25) is 0 Å². The number of rotatable bonds is 7. The van der Waals surface area contributed by atoms with Crippen LogP contribution in [0.3, 0.4) is 0 Å². The first-order valence-electron chi connectivity index (χ1n) is 5.45. The Morgan fingerprint density at radius 1 is 1.43 bits per heavy atom. The Morgan fingerprint density at radius 2 is 2.14 bits per heavy atom. The van der Waals surface area contributed by atoms with E-state index in [1.807, 2.05) is 6.08 Å². The Morgan fingerprint density at radius 3 is 2.71 bits per heavy atom. The summed E-state index contributed by atoms with van der Waals surface area (Å²) in [6.07, 6.45) is 9.34. The lowest BCUT2D eigenvalue weighted by Gasteiger charge is -2.05. The minimum Gasteiger partial charge on any atom is -0.466 e. The molecule has 14 heavy (non-hydrogen) atoms. The molecular formula is C12H22O2. The van der Waals surface area contributed by atoms with E-state index in [0.717, 1.165) is 18.8 Å². The second-order valence-corrected chi connectivity index (χ2v) is 3.72. The van der Waals surface area contributed by atoms with Gasteiger partial charge >= 0.3 is 5.97 Å². The molecular weight excluding hydrogens is 176 g/mol. The lowest BCUT2D eigenvalue weighted by molar-refractivity contribution is -0.134. The summed E-state index contributed by atoms with van der Waals surface area (Å²) < 4.78 is 4.49. The van der Waals surface area contributed by atoms with Crippen LogP contribution in [0.4, 0.5) is 0 Å². The summed E-state index contributed by atoms with van der Waals surface area (Å²) in [6, 6.07) is 0. The van der Waals surface area contributed by atoms with Crippen molar-refractivity contribution in [3.8, 4) is 0 Å². The molecule has 0 spiro atoms. The Balaban J connectivity index is 3.29. The average molecular weight is 198 g/mol. The first-order valence-corrected chi connectivity index (χ1v) is 5.45. The van der Waals surface area contributed by atoms with Crippen molar-refractivity contribution in [3.05, 3.63) is 12.2 Å². The van der Waals surface area contributed by atoms with Crippen LogP contribution in [-0.2, 0) is 9.53 Å². The highest BCUT2D eigenvalue weighted by atomic mass is 16.5. The smallest absolute Gasteiger partial charge is 0.330 e. The molecule has 0 aliphatic carbocycles. The average Bonchev–Trinajstić information content (AvgIpc) is 2.22. The van der Waals surface area contributed by atoms with Crippen LogP contribution in [0.25, 0.3) is 0 Å². The number of carbonyl (C=O) groups excluding carboxylic acids is 1. The Kier molecular flexibility index (Phi) is 8.30. The largest absolute Gasteiger partial charge is 0.466 e. The lowest BCUT2D eigenvalue weighted by atomic mass is 10.0. The third-order valence-electron chi connectivity index (χ3n) is 2.47. The summed E-state index contributed by atoms with van der Waals surface area (Å²) in [7, 11) is 1.40. The van der Waals surface area contributed by atoms with Gasteiger partial charge in [0, 0.05) is 6.08 Å². The van der Waals surface area contributed by atoms with Gasteiger partial charge in [-0.25, -0.2) is 4.79 Å². The quantitative estimate of drug-likeness (QED) is 0.356. The third-order valence-corrected chi connectivity index (χ3v) is 2.47. The van der Waals surface area contributed by atoms with E-state index in [0.29, 0.717) is 0 Å². The highest BCUT2D eigenvalue weighted by Gasteiger charge is 1.97. The first-order chi connectivity index (χ1) is 6.70. The van der Waals surface area contributed by atoms with Crippen molar-refractivity contribution in [3.63, 3.8) is 0 Å². The van der Waals surface area contributed by atoms with Crippen molar-refractivity contribution < 1.29 is 9.53 Å². The maximum absolute atomic E-state index is 10.7. The van der Waals surface area contributed by atoms with E-state index in [2.05, 4.69) is 18.6 Å². The second-order valence-electron chi connectivity index (χ2n) is 3.72. The van der Waals surface area contributed by atoms with E-state index in [1.54, 1.807) is 0 Å². The second kappa shape index (κ2) is 8.79. The van der Waals surface area contributed by atoms with Crippen LogP contribution in [-0.4, -0.2) is 13.1 Å². The SMILES string of the molecule is CC[C@H](C)CCCC/C=C/C(=O)OC. The molecule has 0 aromatic rings. The molecule has 0 saturated carbocycles. The van der Waals surface area contributed by atoms with Gasteiger partial charge in [0.05, 0.1) is 7.11 Å². The zero-order valence-electron chi connectivity index (χ0n) is 9.58. The number of methoxy groups -OCH3 is 1. The number of hydrogen-bond donors (Lipinski definition) is 0. The van der Waals surface area contributed by atoms with Crippen molar-refractivity contribution in [1.29, 1.82) is 0 Å². The predicted molar refractivity (Wildman–Crippen MR) is 59.1 cm³/mol. The molecule has 0 fully saturated rings. The minimum absolute atomic E-state index is 0.257. The molecule has 0 aromatic carbocycles. The zero-order valence-corrected chi connectivity index (χ0v) is 9.58. The van der Waals surface area contributed by atoms with Crippen molar-refractivity contribution in [2.24, 2.45) is 5.92 Å². The molecule has 0 unspecified atom stereocenters. The third kappa shape index (κ3) is 7.84. The molecule has 82 valence electrons. The molecule has 0 aromatic heterocycles. The van der Waals surface area contributed by atoms with Crippen molar-refractivity contribution >= 4 is 5.97 Å². The van der Waals surface area contributed by atoms with E-state index in [1.165, 1.54) is 32.4 Å². The van der Waals surface area contributed by atoms with Gasteiger partial charge in [0.25, 0.3) is 0 Å². The van der Waals surface area contributed by atoms with Gasteiger partial charge in [0.15, 0.2) is 0 Å². The summed E-state index contributed by atoms with van der Waals surface area (Å²) >= 11 is 0. The molecule has 0 radical (unpaired) electrons. The minimum atomic E-state index is -0.257. The van der Waals surface area contributed by atoms with E-state index in [9.17, 15) is 4.79 Å². The number of hydrogen-bond acceptors (Lipinski definition) is 2. The molecule has 0 saturated heterocycles. The first kappa shape index (κ1) is 13.2. The fraction of sp³-hybridized carbons (Fsp3) is 0.750. The standard InChI is InChI=1S/C12H22O2/c1-4-11(2)9-7-5-6-8-10-12(13)14-3/h8,10-11H,4-7,9H2,1-3H3/b10-8+/t11-/m0/s1. The van der Waals surface area contributed by atoms with Crippen LogP contribution >= 0.6 is 0 Å². The number of esters is 1. The predicted octanol–water partition coefficient (Wildman–Crippen LogP) is 3.32. The van der Waals surface area contributed by atoms with E-state index in [-0.39, 0.29) is 5.97 Å².